The number of anilines is 1. The molecule has 6 aromatic carbocycles. The summed E-state index contributed by atoms with van der Waals surface area (Å²) in [5, 5.41) is 0. The maximum absolute atomic E-state index is 12.0. The van der Waals surface area contributed by atoms with Gasteiger partial charge in [0.2, 0.25) is 0 Å². The number of esters is 2. The fourth-order valence-corrected chi connectivity index (χ4v) is 6.22. The van der Waals surface area contributed by atoms with Crippen molar-refractivity contribution in [3.8, 4) is 28.4 Å². The fourth-order valence-electron chi connectivity index (χ4n) is 6.22. The van der Waals surface area contributed by atoms with Gasteiger partial charge < -0.3 is 34.0 Å². The first-order valence-corrected chi connectivity index (χ1v) is 19.9. The second kappa shape index (κ2) is 23.2. The third kappa shape index (κ3) is 13.1. The number of Topliss-reactive ketones (excluding diaryl/α,β-unsaturated/α-hetero) is 2. The third-order valence-corrected chi connectivity index (χ3v) is 9.46. The second-order valence-corrected chi connectivity index (χ2v) is 14.0. The van der Waals surface area contributed by atoms with Gasteiger partial charge in [-0.15, -0.1) is 0 Å². The summed E-state index contributed by atoms with van der Waals surface area (Å²) in [4.78, 5) is 45.7. The Bertz CT molecular complexity index is 2570. The summed E-state index contributed by atoms with van der Waals surface area (Å²) < 4.78 is 23.4. The molecule has 0 saturated carbocycles. The topological polar surface area (TPSA) is 136 Å². The number of ether oxygens (including phenoxy) is 4. The van der Waals surface area contributed by atoms with Gasteiger partial charge in [0.15, 0.2) is 5.78 Å². The van der Waals surface area contributed by atoms with Crippen LogP contribution in [0.5, 0.6) is 11.5 Å². The van der Waals surface area contributed by atoms with E-state index in [1.807, 2.05) is 127 Å². The van der Waals surface area contributed by atoms with Gasteiger partial charge in [-0.3, -0.25) is 4.79 Å². The molecule has 0 aliphatic carbocycles. The number of nitrogens with two attached hydrogens (primary N) is 1. The number of nitrogens with zero attached hydrogens (tertiary/aromatic N) is 1. The summed E-state index contributed by atoms with van der Waals surface area (Å²) >= 11 is 0. The first-order valence-electron chi connectivity index (χ1n) is 19.9. The molecule has 0 saturated heterocycles. The van der Waals surface area contributed by atoms with E-state index < -0.39 is 5.97 Å². The molecule has 0 bridgehead atoms. The van der Waals surface area contributed by atoms with Crippen LogP contribution in [0.25, 0.3) is 16.9 Å². The lowest BCUT2D eigenvalue weighted by atomic mass is 10.0. The average Bonchev–Trinajstić information content (AvgIpc) is 3.71. The molecule has 316 valence electrons. The van der Waals surface area contributed by atoms with Crippen molar-refractivity contribution >= 4 is 29.2 Å². The van der Waals surface area contributed by atoms with Gasteiger partial charge in [0.05, 0.1) is 42.4 Å². The van der Waals surface area contributed by atoms with E-state index in [0.717, 1.165) is 45.3 Å². The Morgan fingerprint density at radius 3 is 1.65 bits per heavy atom. The molecule has 2 N–H and O–H groups in total. The van der Waals surface area contributed by atoms with E-state index in [-0.39, 0.29) is 30.4 Å². The van der Waals surface area contributed by atoms with Gasteiger partial charge in [-0.05, 0) is 91.2 Å². The maximum Gasteiger partial charge on any atom is 0.337 e. The number of methoxy groups -OCH3 is 2. The molecule has 0 atom stereocenters. The lowest BCUT2D eigenvalue weighted by molar-refractivity contribution is -0.117. The zero-order chi connectivity index (χ0) is 44.3. The third-order valence-electron chi connectivity index (χ3n) is 9.46. The molecule has 7 aromatic rings. The highest BCUT2D eigenvalue weighted by molar-refractivity contribution is 6.00. The monoisotopic (exact) mass is 830 g/mol. The molecule has 0 spiro atoms. The lowest BCUT2D eigenvalue weighted by Gasteiger charge is -2.17. The normalized spacial score (nSPS) is 10.2. The molecule has 10 heteroatoms. The summed E-state index contributed by atoms with van der Waals surface area (Å²) in [7, 11) is 2.68. The van der Waals surface area contributed by atoms with E-state index in [0.29, 0.717) is 35.6 Å². The smallest absolute Gasteiger partial charge is 0.337 e. The van der Waals surface area contributed by atoms with Crippen LogP contribution in [0.15, 0.2) is 170 Å². The number of benzene rings is 6. The number of para-hydroxylation sites is 4. The molecule has 7 rings (SSSR count). The van der Waals surface area contributed by atoms with E-state index in [1.165, 1.54) is 27.2 Å². The summed E-state index contributed by atoms with van der Waals surface area (Å²) in [6, 6.07) is 53.5. The van der Waals surface area contributed by atoms with Gasteiger partial charge in [0.1, 0.15) is 30.5 Å². The quantitative estimate of drug-likeness (QED) is 0.0645. The van der Waals surface area contributed by atoms with Gasteiger partial charge in [0.25, 0.3) is 0 Å². The Labute approximate surface area is 362 Å². The number of aryl methyl sites for hydroxylation is 1. The zero-order valence-corrected chi connectivity index (χ0v) is 35.3. The van der Waals surface area contributed by atoms with Crippen LogP contribution in [-0.4, -0.2) is 42.3 Å². The minimum atomic E-state index is -0.480. The number of rotatable bonds is 14. The highest BCUT2D eigenvalue weighted by Crippen LogP contribution is 2.32. The Morgan fingerprint density at radius 2 is 1.05 bits per heavy atom. The Hall–Kier alpha value is -7.72. The van der Waals surface area contributed by atoms with E-state index in [2.05, 4.69) is 28.4 Å². The van der Waals surface area contributed by atoms with Crippen molar-refractivity contribution in [2.75, 3.05) is 20.0 Å². The first-order chi connectivity index (χ1) is 30.1. The molecule has 0 unspecified atom stereocenters. The highest BCUT2D eigenvalue weighted by atomic mass is 16.5. The van der Waals surface area contributed by atoms with Gasteiger partial charge in [-0.2, -0.15) is 0 Å². The fraction of sp³-hybridized carbons (Fsp3) is 0.154. The Morgan fingerprint density at radius 1 is 0.532 bits per heavy atom. The number of hydrogen-bond donors (Lipinski definition) is 1. The van der Waals surface area contributed by atoms with E-state index in [1.54, 1.807) is 24.3 Å². The number of carbonyl (C=O) groups is 4. The molecule has 0 amide bonds. The van der Waals surface area contributed by atoms with Crippen molar-refractivity contribution in [3.05, 3.63) is 203 Å². The molecular weight excluding hydrogens is 781 g/mol. The van der Waals surface area contributed by atoms with Gasteiger partial charge >= 0.3 is 11.9 Å². The largest absolute Gasteiger partial charge is 0.487 e. The van der Waals surface area contributed by atoms with Gasteiger partial charge in [-0.25, -0.2) is 9.59 Å². The van der Waals surface area contributed by atoms with E-state index >= 15 is 0 Å². The van der Waals surface area contributed by atoms with Gasteiger partial charge in [0, 0.05) is 24.1 Å². The molecule has 0 radical (unpaired) electrons. The van der Waals surface area contributed by atoms with Gasteiger partial charge in [-0.1, -0.05) is 109 Å². The van der Waals surface area contributed by atoms with E-state index in [4.69, 9.17) is 19.9 Å². The minimum absolute atomic E-state index is 0.0255. The van der Waals surface area contributed by atoms with Crippen LogP contribution in [0.4, 0.5) is 5.69 Å². The van der Waals surface area contributed by atoms with Crippen LogP contribution in [0, 0.1) is 6.92 Å². The summed E-state index contributed by atoms with van der Waals surface area (Å²) in [6.45, 7) is 4.54. The molecule has 1 heterocycles. The minimum Gasteiger partial charge on any atom is -0.487 e. The van der Waals surface area contributed by atoms with Crippen LogP contribution < -0.4 is 15.2 Å². The molecule has 62 heavy (non-hydrogen) atoms. The first kappa shape index (κ1) is 45.4. The summed E-state index contributed by atoms with van der Waals surface area (Å²) in [5.74, 6) is 0.533. The van der Waals surface area contributed by atoms with Crippen molar-refractivity contribution in [2.24, 2.45) is 0 Å². The molecular formula is C52H50N2O8. The van der Waals surface area contributed by atoms with Crippen molar-refractivity contribution < 1.29 is 38.1 Å². The van der Waals surface area contributed by atoms with E-state index in [9.17, 15) is 19.2 Å². The van der Waals surface area contributed by atoms with Crippen LogP contribution in [0.3, 0.4) is 0 Å². The van der Waals surface area contributed by atoms with Crippen molar-refractivity contribution in [2.45, 2.75) is 39.9 Å². The SMILES string of the molecule is COC(=O)c1cccc(-c2ccc(C)n2-c2ccccc2OCc2ccccc2)c1.COC(=O)c1cccc(C(=O)CCC(C)=O)c1.Nc1ccccc1OCc1ccccc1. The predicted molar refractivity (Wildman–Crippen MR) is 242 cm³/mol. The lowest BCUT2D eigenvalue weighted by Crippen LogP contribution is -2.06. The Balaban J connectivity index is 0.000000192. The number of carbonyl (C=O) groups excluding carboxylic acids is 4. The Kier molecular flexibility index (Phi) is 17.0. The maximum atomic E-state index is 12.0. The standard InChI is InChI=1S/C26H23NO3.C13H13NO.C13H14O4/c1-19-15-16-23(21-11-8-12-22(17-21)26(28)29-2)27(19)24-13-6-7-14-25(24)30-18-20-9-4-3-5-10-20;14-12-8-4-5-9-13(12)15-10-11-6-2-1-3-7-11;1-9(14)6-7-12(15)10-4-3-5-11(8-10)13(16)17-2/h3-17H,18H2,1-2H3;1-9H,10,14H2;3-5,8H,6-7H2,1-2H3. The summed E-state index contributed by atoms with van der Waals surface area (Å²) in [6.07, 6.45) is 0.390. The van der Waals surface area contributed by atoms with Crippen molar-refractivity contribution in [1.82, 2.24) is 4.57 Å². The number of nitrogen functional groups attached to an aromatic ring is 1. The van der Waals surface area contributed by atoms with Crippen LogP contribution in [0.1, 0.15) is 67.7 Å². The second-order valence-electron chi connectivity index (χ2n) is 14.0. The van der Waals surface area contributed by atoms with Crippen LogP contribution >= 0.6 is 0 Å². The molecule has 0 aliphatic heterocycles. The molecule has 10 nitrogen and oxygen atoms in total. The molecule has 0 fully saturated rings. The molecule has 0 aliphatic rings. The van der Waals surface area contributed by atoms with Crippen LogP contribution in [-0.2, 0) is 27.5 Å². The predicted octanol–water partition coefficient (Wildman–Crippen LogP) is 10.7. The number of aromatic nitrogens is 1. The van der Waals surface area contributed by atoms with Crippen molar-refractivity contribution in [1.29, 1.82) is 0 Å². The number of hydrogen-bond acceptors (Lipinski definition) is 9. The number of ketones is 2. The zero-order valence-electron chi connectivity index (χ0n) is 35.3. The average molecular weight is 831 g/mol. The molecule has 1 aromatic heterocycles. The van der Waals surface area contributed by atoms with Crippen LogP contribution in [0.2, 0.25) is 0 Å². The van der Waals surface area contributed by atoms with Crippen molar-refractivity contribution in [3.63, 3.8) is 0 Å². The highest BCUT2D eigenvalue weighted by Gasteiger charge is 2.16. The summed E-state index contributed by atoms with van der Waals surface area (Å²) in [5.41, 5.74) is 13.9.